The first-order valence-electron chi connectivity index (χ1n) is 63.2. The van der Waals surface area contributed by atoms with E-state index in [2.05, 4.69) is 446 Å². The summed E-state index contributed by atoms with van der Waals surface area (Å²) < 4.78 is 0. The van der Waals surface area contributed by atoms with Crippen molar-refractivity contribution in [2.45, 2.75) is 564 Å². The van der Waals surface area contributed by atoms with E-state index in [1.165, 1.54) is 246 Å². The molecule has 0 radical (unpaired) electrons. The van der Waals surface area contributed by atoms with E-state index in [4.69, 9.17) is 11.6 Å². The first-order valence-corrected chi connectivity index (χ1v) is 74.5. The summed E-state index contributed by atoms with van der Waals surface area (Å²) in [6, 6.07) is 43.3. The minimum Gasteiger partial charge on any atom is -0.126 e. The number of benzene rings is 4. The Morgan fingerprint density at radius 2 is 0.701 bits per heavy atom. The molecule has 13 heteroatoms. The zero-order chi connectivity index (χ0) is 111. The Morgan fingerprint density at radius 3 is 1.01 bits per heavy atom. The van der Waals surface area contributed by atoms with Gasteiger partial charge in [-0.1, -0.05) is 612 Å². The highest BCUT2D eigenvalue weighted by Crippen LogP contribution is 2.83. The molecule has 6 saturated carbocycles. The van der Waals surface area contributed by atoms with E-state index in [1.54, 1.807) is 38.3 Å². The Bertz CT molecular complexity index is 3810. The van der Waals surface area contributed by atoms with Crippen LogP contribution in [0.5, 0.6) is 0 Å². The molecule has 4 aromatic rings. The molecule has 0 amide bonds. The molecule has 0 bridgehead atoms. The first-order chi connectivity index (χ1) is 69.1. The van der Waals surface area contributed by atoms with Gasteiger partial charge in [0.15, 0.2) is 6.71 Å². The Kier molecular flexibility index (Phi) is 70.9. The predicted molar refractivity (Wildman–Crippen MR) is 707 cm³/mol. The lowest BCUT2D eigenvalue weighted by Gasteiger charge is -2.77. The summed E-state index contributed by atoms with van der Waals surface area (Å²) in [5, 5.41) is 0. The maximum Gasteiger partial charge on any atom is 0.188 e. The average molecular weight is 2070 g/mol. The number of alkyl halides is 1. The van der Waals surface area contributed by atoms with E-state index in [0.717, 1.165) is 130 Å². The predicted octanol–water partition coefficient (Wildman–Crippen LogP) is 45.8. The maximum atomic E-state index is 5.70. The van der Waals surface area contributed by atoms with Gasteiger partial charge in [-0.3, -0.25) is 0 Å². The molecule has 6 aliphatic rings. The number of rotatable bonds is 53. The first kappa shape index (κ1) is 140. The van der Waals surface area contributed by atoms with Crippen LogP contribution in [0.2, 0.25) is 220 Å². The number of allylic oxidation sites excluding steroid dienone is 5. The van der Waals surface area contributed by atoms with Gasteiger partial charge >= 0.3 is 0 Å². The molecule has 0 nitrogen and oxygen atoms in total. The van der Waals surface area contributed by atoms with Crippen LogP contribution >= 0.6 is 11.6 Å². The molecule has 0 aliphatic heterocycles. The van der Waals surface area contributed by atoms with Crippen molar-refractivity contribution in [1.29, 1.82) is 0 Å². The Labute approximate surface area is 935 Å². The lowest BCUT2D eigenvalue weighted by atomic mass is 9.22. The van der Waals surface area contributed by atoms with Gasteiger partial charge in [0.05, 0.1) is 24.2 Å². The number of hydrogen-bond acceptors (Lipinski definition) is 0. The summed E-state index contributed by atoms with van der Waals surface area (Å²) >= 11 is 5.70. The van der Waals surface area contributed by atoms with Gasteiger partial charge in [-0.25, -0.2) is 0 Å². The van der Waals surface area contributed by atoms with Crippen molar-refractivity contribution in [3.05, 3.63) is 203 Å². The minimum atomic E-state index is -0.965. The summed E-state index contributed by atoms with van der Waals surface area (Å²) in [5.41, 5.74) is 17.3. The molecule has 4 aromatic carbocycles. The van der Waals surface area contributed by atoms with Crippen LogP contribution < -0.4 is 0 Å². The fraction of sp³-hybridized carbons (Fsp3) is 0.746. The molecule has 6 aliphatic carbocycles. The number of hydrogen-bond donors (Lipinski definition) is 0. The minimum absolute atomic E-state index is 0.592. The SMILES string of the molecule is CB(CC(C)c1ccccc1)CC(C)c1ccccc1.CB(CC1C2CCC23CC(C)(C)CCCC13C)CC1C2CCC23CC(C)(C)CCCC13C.CB(CCC(C)C)CCC(C)C.CB(CCC/C=C/[Si](C)(C)C)CCC/C=C/[Si](C)(C)C.CB(CCc1ccccc1)CCc1ccccc1.CC/C=C\B(C)/C=C/CC.CCB(C)CCC/C=C/[Si](C)(C)C.CCCB(C)CC(C)CCl.CCCC(C)B(C)C(C)CCC. The van der Waals surface area contributed by atoms with E-state index < -0.39 is 24.2 Å². The average Bonchev–Trinajstić information content (AvgIpc) is 1.66. The second kappa shape index (κ2) is 74.4. The van der Waals surface area contributed by atoms with E-state index in [1.807, 2.05) is 0 Å². The lowest BCUT2D eigenvalue weighted by molar-refractivity contribution is -0.272. The third kappa shape index (κ3) is 57.2. The molecule has 0 saturated heterocycles. The molecule has 2 spiro atoms. The van der Waals surface area contributed by atoms with Crippen LogP contribution in [0.15, 0.2) is 181 Å². The van der Waals surface area contributed by atoms with Gasteiger partial charge in [0.1, 0.15) is 53.7 Å². The van der Waals surface area contributed by atoms with E-state index in [-0.39, 0.29) is 0 Å². The lowest BCUT2D eigenvalue weighted by Crippen LogP contribution is -2.71. The fourth-order valence-electron chi connectivity index (χ4n) is 26.9. The summed E-state index contributed by atoms with van der Waals surface area (Å²) in [6.45, 7) is 101. The van der Waals surface area contributed by atoms with Crippen LogP contribution in [0, 0.1) is 73.9 Å². The zero-order valence-electron chi connectivity index (χ0n) is 106. The molecule has 6 fully saturated rings. The van der Waals surface area contributed by atoms with Crippen LogP contribution in [0.3, 0.4) is 0 Å². The maximum absolute atomic E-state index is 5.70. The Balaban J connectivity index is 0.000000576. The van der Waals surface area contributed by atoms with Crippen molar-refractivity contribution >= 4 is 96.2 Å². The van der Waals surface area contributed by atoms with Gasteiger partial charge < -0.3 is 0 Å². The summed E-state index contributed by atoms with van der Waals surface area (Å²) in [5.74, 6) is 15.2. The highest BCUT2D eigenvalue weighted by Gasteiger charge is 2.75. The molecule has 0 N–H and O–H groups in total. The van der Waals surface area contributed by atoms with Crippen LogP contribution in [0.4, 0.5) is 0 Å². The molecule has 0 heterocycles. The third-order valence-electron chi connectivity index (χ3n) is 36.6. The van der Waals surface area contributed by atoms with Gasteiger partial charge in [0.25, 0.3) is 0 Å². The highest BCUT2D eigenvalue weighted by molar-refractivity contribution is 6.81. The van der Waals surface area contributed by atoms with Gasteiger partial charge in [-0.05, 0) is 217 Å². The smallest absolute Gasteiger partial charge is 0.126 e. The van der Waals surface area contributed by atoms with Gasteiger partial charge in [0, 0.05) is 5.88 Å². The summed E-state index contributed by atoms with van der Waals surface area (Å²) in [4.78, 5) is 0. The molecule has 13 unspecified atom stereocenters. The van der Waals surface area contributed by atoms with Gasteiger partial charge in [-0.15, -0.1) is 23.6 Å². The second-order valence-electron chi connectivity index (χ2n) is 57.0. The van der Waals surface area contributed by atoms with Crippen molar-refractivity contribution in [2.75, 3.05) is 5.88 Å². The Morgan fingerprint density at radius 1 is 0.361 bits per heavy atom. The second-order valence-corrected chi connectivity index (χ2v) is 72.6. The highest BCUT2D eigenvalue weighted by atomic mass is 35.5. The molecular formula is C134H246B9ClSi3. The van der Waals surface area contributed by atoms with Crippen molar-refractivity contribution in [2.24, 2.45) is 73.9 Å². The normalized spacial score (nSPS) is 21.8. The molecule has 0 aromatic heterocycles. The molecule has 828 valence electrons. The fourth-order valence-corrected chi connectivity index (χ4v) is 29.7. The van der Waals surface area contributed by atoms with Gasteiger partial charge in [0.2, 0.25) is 0 Å². The van der Waals surface area contributed by atoms with E-state index >= 15 is 0 Å². The van der Waals surface area contributed by atoms with Crippen molar-refractivity contribution in [1.82, 2.24) is 0 Å². The monoisotopic (exact) mass is 2070 g/mol. The quantitative estimate of drug-likeness (QED) is 0.0235. The van der Waals surface area contributed by atoms with E-state index in [9.17, 15) is 0 Å². The van der Waals surface area contributed by atoms with E-state index in [0.29, 0.717) is 46.1 Å². The number of halogens is 1. The number of unbranched alkanes of at least 4 members (excludes halogenated alkanes) is 3. The van der Waals surface area contributed by atoms with Crippen molar-refractivity contribution in [3.63, 3.8) is 0 Å². The van der Waals surface area contributed by atoms with Crippen LogP contribution in [-0.2, 0) is 12.8 Å². The zero-order valence-corrected chi connectivity index (χ0v) is 110. The van der Waals surface area contributed by atoms with Crippen molar-refractivity contribution in [3.8, 4) is 0 Å². The topological polar surface area (TPSA) is 0 Å². The molecule has 13 atom stereocenters. The molecule has 10 rings (SSSR count). The molecule has 147 heavy (non-hydrogen) atoms. The van der Waals surface area contributed by atoms with Crippen LogP contribution in [-0.4, -0.2) is 90.5 Å². The summed E-state index contributed by atoms with van der Waals surface area (Å²) in [7, 11) is -2.85. The van der Waals surface area contributed by atoms with Crippen LogP contribution in [0.25, 0.3) is 0 Å². The molecular weight excluding hydrogens is 1830 g/mol. The van der Waals surface area contributed by atoms with Crippen LogP contribution in [0.1, 0.15) is 353 Å². The Hall–Kier alpha value is -2.89. The number of aryl methyl sites for hydroxylation is 2. The third-order valence-corrected chi connectivity index (χ3v) is 40.8. The largest absolute Gasteiger partial charge is 0.188 e. The summed E-state index contributed by atoms with van der Waals surface area (Å²) in [6.07, 6.45) is 71.4. The van der Waals surface area contributed by atoms with Gasteiger partial charge in [-0.2, -0.15) is 0 Å². The van der Waals surface area contributed by atoms with Crippen molar-refractivity contribution < 1.29 is 0 Å². The standard InChI is InChI=1S/C31H53B.C19H25B.C17H37BSi2.C17H21B.C11H25BSi.2C11H25B.C9H17B.C8H18BCl/c1-26(2)12-8-14-28(5)24(22-10-16-30(22,28)20-26)18-32(7)19-25-23-11-17-31(23)21-27(3,4)13-9-15-29(25,31)6;1-16(18-10-6-4-7-11-18)14-20(3)15-17(2)19-12-8-5-9-13-19;1-18(14-10-8-12-16-19(2,3)4)15-11-9-13-17-20(5,6)7;1-18(14-12-16-8-4-2-5-9-16)15-13-17-10-6-3-7-11-17;1-6-12(2)10-8-7-9-11-13(3,4)5;1-10(2)6-8-12(5)9-7-11(3)4;1-6-8-10(3)12(5)11(4)9-7-2;1-4-6-8-10(3)9-7-5-2;1-4-5-9(3)6-8(2)7-10/h22-25H,8-21H2,1-7H3;4-13,16-17H,14-15H2,1-3H3;12-13,16-17H,8-11,14-15H2,1-7H3;2-11H,12-15H2,1H3;9,11H,6-8,10H2,1-5H3;2*10-11H,6-9H2,1-5H3;6-9H,4-5H2,1-3H3;8H,4-7H2,1-3H3/b;;16-12+,17-13+;;11-9+;;;8-6-,9-7+;.